The van der Waals surface area contributed by atoms with E-state index >= 15 is 0 Å². The van der Waals surface area contributed by atoms with E-state index in [9.17, 15) is 0 Å². The number of hydrogen-bond donors (Lipinski definition) is 1. The van der Waals surface area contributed by atoms with Crippen molar-refractivity contribution in [3.8, 4) is 0 Å². The molecule has 2 heteroatoms. The van der Waals surface area contributed by atoms with Gasteiger partial charge in [-0.1, -0.05) is 32.1 Å². The van der Waals surface area contributed by atoms with Crippen LogP contribution in [0.2, 0.25) is 0 Å². The lowest BCUT2D eigenvalue weighted by atomic mass is 9.87. The second kappa shape index (κ2) is 6.49. The molecule has 1 aliphatic carbocycles. The minimum Gasteiger partial charge on any atom is -0.381 e. The summed E-state index contributed by atoms with van der Waals surface area (Å²) >= 11 is 0. The van der Waals surface area contributed by atoms with Crippen LogP contribution in [0.5, 0.6) is 0 Å². The normalized spacial score (nSPS) is 28.4. The Hall–Kier alpha value is -0.0800. The fourth-order valence-corrected chi connectivity index (χ4v) is 2.83. The van der Waals surface area contributed by atoms with E-state index in [1.807, 2.05) is 0 Å². The van der Waals surface area contributed by atoms with Gasteiger partial charge in [-0.05, 0) is 31.2 Å². The van der Waals surface area contributed by atoms with Crippen molar-refractivity contribution in [2.45, 2.75) is 44.9 Å². The lowest BCUT2D eigenvalue weighted by Gasteiger charge is -2.21. The highest BCUT2D eigenvalue weighted by atomic mass is 16.5. The Labute approximate surface area is 93.8 Å². The number of ether oxygens (including phenoxy) is 1. The first-order valence-electron chi connectivity index (χ1n) is 6.73. The van der Waals surface area contributed by atoms with Crippen LogP contribution in [0.3, 0.4) is 0 Å². The molecular formula is C13H25NO. The molecule has 2 fully saturated rings. The topological polar surface area (TPSA) is 21.3 Å². The van der Waals surface area contributed by atoms with Crippen molar-refractivity contribution in [3.63, 3.8) is 0 Å². The molecule has 0 aromatic heterocycles. The van der Waals surface area contributed by atoms with E-state index in [2.05, 4.69) is 5.32 Å². The second-order valence-corrected chi connectivity index (χ2v) is 5.23. The van der Waals surface area contributed by atoms with Gasteiger partial charge in [-0.25, -0.2) is 0 Å². The predicted octanol–water partition coefficient (Wildman–Crippen LogP) is 2.58. The van der Waals surface area contributed by atoms with Crippen LogP contribution in [0.15, 0.2) is 0 Å². The summed E-state index contributed by atoms with van der Waals surface area (Å²) in [6, 6.07) is 0. The number of nitrogens with one attached hydrogen (secondary N) is 1. The lowest BCUT2D eigenvalue weighted by molar-refractivity contribution is 0.0890. The molecule has 0 radical (unpaired) electrons. The van der Waals surface area contributed by atoms with Crippen LogP contribution in [0.25, 0.3) is 0 Å². The fraction of sp³-hybridized carbons (Fsp3) is 1.00. The van der Waals surface area contributed by atoms with Crippen LogP contribution >= 0.6 is 0 Å². The summed E-state index contributed by atoms with van der Waals surface area (Å²) in [5.41, 5.74) is 0. The Morgan fingerprint density at radius 3 is 2.60 bits per heavy atom. The van der Waals surface area contributed by atoms with Gasteiger partial charge in [-0.2, -0.15) is 0 Å². The molecule has 1 saturated carbocycles. The molecule has 0 unspecified atom stereocenters. The zero-order valence-electron chi connectivity index (χ0n) is 9.84. The van der Waals surface area contributed by atoms with Gasteiger partial charge < -0.3 is 10.1 Å². The molecule has 1 saturated heterocycles. The minimum atomic E-state index is 0.788. The number of hydrogen-bond acceptors (Lipinski definition) is 2. The summed E-state index contributed by atoms with van der Waals surface area (Å²) in [7, 11) is 0. The van der Waals surface area contributed by atoms with Crippen LogP contribution in [-0.4, -0.2) is 26.3 Å². The summed E-state index contributed by atoms with van der Waals surface area (Å²) in [5.74, 6) is 1.76. The van der Waals surface area contributed by atoms with Gasteiger partial charge in [0.1, 0.15) is 0 Å². The summed E-state index contributed by atoms with van der Waals surface area (Å²) in [4.78, 5) is 0. The van der Waals surface area contributed by atoms with Crippen LogP contribution in [0.4, 0.5) is 0 Å². The Kier molecular flexibility index (Phi) is 4.94. The standard InChI is InChI=1S/C13H25NO/c1-2-4-12(5-3-1)7-9-15-11-13-6-8-14-10-13/h12-14H,1-11H2/t13-/m1/s1. The maximum atomic E-state index is 5.78. The van der Waals surface area contributed by atoms with Crippen molar-refractivity contribution < 1.29 is 4.74 Å². The lowest BCUT2D eigenvalue weighted by Crippen LogP contribution is -2.15. The monoisotopic (exact) mass is 211 g/mol. The summed E-state index contributed by atoms with van der Waals surface area (Å²) in [5, 5.41) is 3.38. The van der Waals surface area contributed by atoms with Crippen molar-refractivity contribution in [2.75, 3.05) is 26.3 Å². The molecule has 1 heterocycles. The molecule has 15 heavy (non-hydrogen) atoms. The van der Waals surface area contributed by atoms with E-state index in [1.165, 1.54) is 58.0 Å². The van der Waals surface area contributed by atoms with Gasteiger partial charge >= 0.3 is 0 Å². The van der Waals surface area contributed by atoms with Crippen molar-refractivity contribution >= 4 is 0 Å². The average molecular weight is 211 g/mol. The van der Waals surface area contributed by atoms with Crippen molar-refractivity contribution in [1.82, 2.24) is 5.32 Å². The fourth-order valence-electron chi connectivity index (χ4n) is 2.83. The van der Waals surface area contributed by atoms with Crippen molar-refractivity contribution in [2.24, 2.45) is 11.8 Å². The van der Waals surface area contributed by atoms with Crippen LogP contribution < -0.4 is 5.32 Å². The molecule has 0 aromatic rings. The molecule has 0 bridgehead atoms. The highest BCUT2D eigenvalue weighted by Gasteiger charge is 2.15. The van der Waals surface area contributed by atoms with Gasteiger partial charge in [0, 0.05) is 13.2 Å². The third kappa shape index (κ3) is 4.12. The summed E-state index contributed by atoms with van der Waals surface area (Å²) in [6.45, 7) is 4.35. The van der Waals surface area contributed by atoms with E-state index in [0.29, 0.717) is 0 Å². The molecule has 1 atom stereocenters. The van der Waals surface area contributed by atoms with Crippen LogP contribution in [0, 0.1) is 11.8 Å². The third-order valence-electron chi connectivity index (χ3n) is 3.91. The summed E-state index contributed by atoms with van der Waals surface area (Å²) < 4.78 is 5.78. The van der Waals surface area contributed by atoms with Gasteiger partial charge in [0.15, 0.2) is 0 Å². The van der Waals surface area contributed by atoms with E-state index in [4.69, 9.17) is 4.74 Å². The van der Waals surface area contributed by atoms with Gasteiger partial charge in [0.2, 0.25) is 0 Å². The predicted molar refractivity (Wildman–Crippen MR) is 63.0 cm³/mol. The van der Waals surface area contributed by atoms with Crippen LogP contribution in [0.1, 0.15) is 44.9 Å². The molecule has 88 valence electrons. The highest BCUT2D eigenvalue weighted by Crippen LogP contribution is 2.26. The number of rotatable bonds is 5. The second-order valence-electron chi connectivity index (χ2n) is 5.23. The molecule has 2 aliphatic rings. The Bertz CT molecular complexity index is 160. The highest BCUT2D eigenvalue weighted by molar-refractivity contribution is 4.70. The van der Waals surface area contributed by atoms with Gasteiger partial charge in [-0.15, -0.1) is 0 Å². The quantitative estimate of drug-likeness (QED) is 0.706. The maximum absolute atomic E-state index is 5.78. The summed E-state index contributed by atoms with van der Waals surface area (Å²) in [6.07, 6.45) is 9.89. The van der Waals surface area contributed by atoms with Gasteiger partial charge in [-0.3, -0.25) is 0 Å². The largest absolute Gasteiger partial charge is 0.381 e. The molecule has 0 amide bonds. The van der Waals surface area contributed by atoms with Gasteiger partial charge in [0.25, 0.3) is 0 Å². The molecule has 1 N–H and O–H groups in total. The Morgan fingerprint density at radius 2 is 1.87 bits per heavy atom. The first kappa shape index (κ1) is 11.4. The third-order valence-corrected chi connectivity index (χ3v) is 3.91. The smallest absolute Gasteiger partial charge is 0.0506 e. The zero-order chi connectivity index (χ0) is 10.3. The van der Waals surface area contributed by atoms with E-state index < -0.39 is 0 Å². The van der Waals surface area contributed by atoms with E-state index in [-0.39, 0.29) is 0 Å². The van der Waals surface area contributed by atoms with Crippen molar-refractivity contribution in [3.05, 3.63) is 0 Å². The van der Waals surface area contributed by atoms with E-state index in [0.717, 1.165) is 25.0 Å². The first-order valence-corrected chi connectivity index (χ1v) is 6.73. The Balaban J connectivity index is 1.47. The molecular weight excluding hydrogens is 186 g/mol. The molecule has 0 spiro atoms. The van der Waals surface area contributed by atoms with Gasteiger partial charge in [0.05, 0.1) is 6.61 Å². The molecule has 1 aliphatic heterocycles. The van der Waals surface area contributed by atoms with Crippen molar-refractivity contribution in [1.29, 1.82) is 0 Å². The first-order chi connectivity index (χ1) is 7.45. The zero-order valence-corrected chi connectivity index (χ0v) is 9.84. The SMILES string of the molecule is C1CCC(CCOC[C@@H]2CCNC2)CC1. The average Bonchev–Trinajstić information content (AvgIpc) is 2.79. The maximum Gasteiger partial charge on any atom is 0.0506 e. The minimum absolute atomic E-state index is 0.788. The molecule has 2 rings (SSSR count). The van der Waals surface area contributed by atoms with Crippen LogP contribution in [-0.2, 0) is 4.74 Å². The van der Waals surface area contributed by atoms with E-state index in [1.54, 1.807) is 0 Å². The molecule has 2 nitrogen and oxygen atoms in total. The Morgan fingerprint density at radius 1 is 1.00 bits per heavy atom. The molecule has 0 aromatic carbocycles.